The summed E-state index contributed by atoms with van der Waals surface area (Å²) in [5, 5.41) is 0.432. The molecule has 0 radical (unpaired) electrons. The molecule has 1 N–H and O–H groups in total. The van der Waals surface area contributed by atoms with Gasteiger partial charge in [-0.25, -0.2) is 9.00 Å². The van der Waals surface area contributed by atoms with Crippen LogP contribution < -0.4 is 0 Å². The number of carbonyl (C=O) groups is 3. The number of hydroxylamine groups is 2. The van der Waals surface area contributed by atoms with Crippen molar-refractivity contribution in [2.45, 2.75) is 19.3 Å². The lowest BCUT2D eigenvalue weighted by molar-refractivity contribution is -0.197. The van der Waals surface area contributed by atoms with Crippen molar-refractivity contribution in [3.8, 4) is 0 Å². The molecular weight excluding hydrogens is 260 g/mol. The Morgan fingerprint density at radius 3 is 2.50 bits per heavy atom. The molecule has 18 heavy (non-hydrogen) atoms. The van der Waals surface area contributed by atoms with Crippen molar-refractivity contribution in [1.82, 2.24) is 5.06 Å². The predicted octanol–water partition coefficient (Wildman–Crippen LogP) is 0.216. The van der Waals surface area contributed by atoms with E-state index in [4.69, 9.17) is 4.78 Å². The molecule has 0 aromatic heterocycles. The molecule has 0 aromatic carbocycles. The second-order valence-electron chi connectivity index (χ2n) is 3.77. The Bertz CT molecular complexity index is 466. The Hall–Kier alpha value is -1.70. The summed E-state index contributed by atoms with van der Waals surface area (Å²) in [6.45, 7) is 3.36. The second kappa shape index (κ2) is 5.76. The van der Waals surface area contributed by atoms with Crippen LogP contribution in [0.5, 0.6) is 0 Å². The van der Waals surface area contributed by atoms with Gasteiger partial charge in [-0.15, -0.1) is 11.6 Å². The summed E-state index contributed by atoms with van der Waals surface area (Å²) in [5.74, 6) is -2.17. The van der Waals surface area contributed by atoms with Crippen LogP contribution in [0.2, 0.25) is 0 Å². The fourth-order valence-electron chi connectivity index (χ4n) is 1.33. The number of hydrogen-bond acceptors (Lipinski definition) is 6. The van der Waals surface area contributed by atoms with E-state index in [9.17, 15) is 18.6 Å². The van der Waals surface area contributed by atoms with Crippen molar-refractivity contribution >= 4 is 27.5 Å². The van der Waals surface area contributed by atoms with Crippen molar-refractivity contribution in [3.63, 3.8) is 0 Å². The van der Waals surface area contributed by atoms with Gasteiger partial charge in [0.1, 0.15) is 0 Å². The van der Waals surface area contributed by atoms with Gasteiger partial charge in [0.25, 0.3) is 11.8 Å². The first-order valence-corrected chi connectivity index (χ1v) is 7.17. The highest BCUT2D eigenvalue weighted by molar-refractivity contribution is 7.92. The molecular formula is C10H14N2O5S. The molecule has 0 aromatic rings. The molecule has 1 heterocycles. The number of hydrogen-bond donors (Lipinski definition) is 1. The zero-order valence-electron chi connectivity index (χ0n) is 9.72. The van der Waals surface area contributed by atoms with Crippen LogP contribution in [0.1, 0.15) is 19.3 Å². The second-order valence-corrected chi connectivity index (χ2v) is 6.13. The monoisotopic (exact) mass is 274 g/mol. The van der Waals surface area contributed by atoms with E-state index in [1.165, 1.54) is 6.08 Å². The molecule has 1 aliphatic heterocycles. The molecule has 100 valence electrons. The van der Waals surface area contributed by atoms with E-state index in [0.29, 0.717) is 5.06 Å². The van der Waals surface area contributed by atoms with Crippen LogP contribution >= 0.6 is 0 Å². The van der Waals surface area contributed by atoms with Crippen molar-refractivity contribution in [2.75, 3.05) is 11.5 Å². The third-order valence-corrected chi connectivity index (χ3v) is 3.86. The fraction of sp³-hybridized carbons (Fsp3) is 0.500. The van der Waals surface area contributed by atoms with Gasteiger partial charge in [-0.3, -0.25) is 14.4 Å². The van der Waals surface area contributed by atoms with E-state index >= 15 is 0 Å². The van der Waals surface area contributed by atoms with Crippen LogP contribution in [0, 0.1) is 4.78 Å². The molecule has 0 spiro atoms. The highest BCUT2D eigenvalue weighted by atomic mass is 32.2. The third kappa shape index (κ3) is 3.95. The first-order valence-electron chi connectivity index (χ1n) is 5.27. The lowest BCUT2D eigenvalue weighted by Crippen LogP contribution is -2.32. The standard InChI is InChI=1S/C10H14N2O5S/c1-2-6-18(11,16)7-5-10(15)17-12-8(13)3-4-9(12)14/h2,11H,1,3-7H2. The Labute approximate surface area is 105 Å². The number of carbonyl (C=O) groups excluding carboxylic acids is 3. The van der Waals surface area contributed by atoms with E-state index in [1.807, 2.05) is 0 Å². The maximum absolute atomic E-state index is 11.5. The Morgan fingerprint density at radius 2 is 2.00 bits per heavy atom. The van der Waals surface area contributed by atoms with Crippen LogP contribution in [-0.4, -0.2) is 38.6 Å². The molecule has 2 amide bonds. The SMILES string of the molecule is C=CCS(=N)(=O)CCC(=O)ON1C(=O)CCC1=O. The minimum Gasteiger partial charge on any atom is -0.330 e. The molecule has 1 rings (SSSR count). The van der Waals surface area contributed by atoms with E-state index in [2.05, 4.69) is 11.4 Å². The lowest BCUT2D eigenvalue weighted by Gasteiger charge is -2.12. The van der Waals surface area contributed by atoms with Crippen molar-refractivity contribution in [3.05, 3.63) is 12.7 Å². The first kappa shape index (κ1) is 14.4. The van der Waals surface area contributed by atoms with Crippen LogP contribution in [0.15, 0.2) is 12.7 Å². The maximum atomic E-state index is 11.5. The highest BCUT2D eigenvalue weighted by Gasteiger charge is 2.32. The molecule has 0 aliphatic carbocycles. The molecule has 0 bridgehead atoms. The molecule has 7 nitrogen and oxygen atoms in total. The van der Waals surface area contributed by atoms with Gasteiger partial charge in [0, 0.05) is 34.1 Å². The van der Waals surface area contributed by atoms with Gasteiger partial charge in [0.15, 0.2) is 0 Å². The van der Waals surface area contributed by atoms with Gasteiger partial charge in [0.2, 0.25) is 0 Å². The molecule has 1 atom stereocenters. The van der Waals surface area contributed by atoms with Gasteiger partial charge in [-0.2, -0.15) is 0 Å². The highest BCUT2D eigenvalue weighted by Crippen LogP contribution is 2.12. The van der Waals surface area contributed by atoms with Gasteiger partial charge in [-0.05, 0) is 0 Å². The van der Waals surface area contributed by atoms with Crippen LogP contribution in [0.3, 0.4) is 0 Å². The number of nitrogens with zero attached hydrogens (tertiary/aromatic N) is 1. The van der Waals surface area contributed by atoms with Gasteiger partial charge in [-0.1, -0.05) is 6.08 Å². The molecule has 1 unspecified atom stereocenters. The average Bonchev–Trinajstić information content (AvgIpc) is 2.58. The Morgan fingerprint density at radius 1 is 1.44 bits per heavy atom. The van der Waals surface area contributed by atoms with Gasteiger partial charge in [0.05, 0.1) is 6.42 Å². The van der Waals surface area contributed by atoms with E-state index < -0.39 is 27.5 Å². The van der Waals surface area contributed by atoms with Crippen LogP contribution in [0.4, 0.5) is 0 Å². The quantitative estimate of drug-likeness (QED) is 0.551. The molecule has 8 heteroatoms. The van der Waals surface area contributed by atoms with Gasteiger partial charge >= 0.3 is 5.97 Å². The third-order valence-electron chi connectivity index (χ3n) is 2.22. The largest absolute Gasteiger partial charge is 0.334 e. The maximum Gasteiger partial charge on any atom is 0.334 e. The number of rotatable bonds is 6. The average molecular weight is 274 g/mol. The zero-order valence-corrected chi connectivity index (χ0v) is 10.5. The number of imide groups is 1. The zero-order chi connectivity index (χ0) is 13.8. The lowest BCUT2D eigenvalue weighted by atomic mass is 10.4. The van der Waals surface area contributed by atoms with Crippen LogP contribution in [0.25, 0.3) is 0 Å². The van der Waals surface area contributed by atoms with Crippen molar-refractivity contribution in [2.24, 2.45) is 0 Å². The molecule has 0 saturated carbocycles. The van der Waals surface area contributed by atoms with E-state index in [0.717, 1.165) is 0 Å². The Kier molecular flexibility index (Phi) is 4.60. The van der Waals surface area contributed by atoms with Crippen molar-refractivity contribution < 1.29 is 23.4 Å². The van der Waals surface area contributed by atoms with E-state index in [-0.39, 0.29) is 30.8 Å². The fourth-order valence-corrected chi connectivity index (χ4v) is 2.37. The summed E-state index contributed by atoms with van der Waals surface area (Å²) in [6.07, 6.45) is 1.11. The molecule has 1 fully saturated rings. The first-order chi connectivity index (χ1) is 8.35. The predicted molar refractivity (Wildman–Crippen MR) is 62.6 cm³/mol. The molecule has 1 aliphatic rings. The van der Waals surface area contributed by atoms with Crippen LogP contribution in [-0.2, 0) is 29.0 Å². The Balaban J connectivity index is 2.45. The normalized spacial score (nSPS) is 18.6. The number of amides is 2. The summed E-state index contributed by atoms with van der Waals surface area (Å²) in [6, 6.07) is 0. The van der Waals surface area contributed by atoms with E-state index in [1.54, 1.807) is 0 Å². The smallest absolute Gasteiger partial charge is 0.330 e. The van der Waals surface area contributed by atoms with Crippen molar-refractivity contribution in [1.29, 1.82) is 4.78 Å². The topological polar surface area (TPSA) is 105 Å². The summed E-state index contributed by atoms with van der Waals surface area (Å²) in [7, 11) is -2.89. The minimum absolute atomic E-state index is 0.0120. The summed E-state index contributed by atoms with van der Waals surface area (Å²) in [4.78, 5) is 38.2. The summed E-state index contributed by atoms with van der Waals surface area (Å²) in [5.41, 5.74) is 0. The molecule has 1 saturated heterocycles. The summed E-state index contributed by atoms with van der Waals surface area (Å²) < 4.78 is 18.9. The number of nitrogens with one attached hydrogen (secondary N) is 1. The summed E-state index contributed by atoms with van der Waals surface area (Å²) >= 11 is 0. The van der Waals surface area contributed by atoms with Gasteiger partial charge < -0.3 is 4.84 Å². The minimum atomic E-state index is -2.89.